The number of allylic oxidation sites excluding steroid dienone is 2. The zero-order valence-corrected chi connectivity index (χ0v) is 13.8. The molecule has 1 aliphatic rings. The van der Waals surface area contributed by atoms with Crippen molar-refractivity contribution in [1.82, 2.24) is 5.32 Å². The van der Waals surface area contributed by atoms with E-state index >= 15 is 0 Å². The van der Waals surface area contributed by atoms with Crippen molar-refractivity contribution in [1.29, 1.82) is 0 Å². The van der Waals surface area contributed by atoms with Crippen molar-refractivity contribution >= 4 is 11.3 Å². The molecule has 0 radical (unpaired) electrons. The van der Waals surface area contributed by atoms with Gasteiger partial charge in [0.05, 0.1) is 11.3 Å². The molecule has 0 aromatic heterocycles. The molecule has 2 aromatic carbocycles. The Morgan fingerprint density at radius 2 is 1.50 bits per heavy atom. The summed E-state index contributed by atoms with van der Waals surface area (Å²) in [5.74, 6) is -2.79. The molecule has 0 fully saturated rings. The number of nitrogens with one attached hydrogen (secondary N) is 1. The fourth-order valence-corrected chi connectivity index (χ4v) is 2.64. The van der Waals surface area contributed by atoms with E-state index in [-0.39, 0.29) is 5.56 Å². The Morgan fingerprint density at radius 3 is 2.08 bits per heavy atom. The van der Waals surface area contributed by atoms with E-state index < -0.39 is 17.5 Å². The molecular weight excluding hydrogens is 311 g/mol. The van der Waals surface area contributed by atoms with Crippen LogP contribution in [-0.4, -0.2) is 0 Å². The first-order valence-corrected chi connectivity index (χ1v) is 7.94. The van der Waals surface area contributed by atoms with Gasteiger partial charge in [0.1, 0.15) is 17.5 Å². The van der Waals surface area contributed by atoms with Gasteiger partial charge in [-0.2, -0.15) is 0 Å². The smallest absolute Gasteiger partial charge is 0.138 e. The Balaban J connectivity index is 0.00000100. The third-order valence-corrected chi connectivity index (χ3v) is 3.66. The first-order valence-electron chi connectivity index (χ1n) is 7.94. The van der Waals surface area contributed by atoms with Crippen LogP contribution in [-0.2, 0) is 0 Å². The van der Waals surface area contributed by atoms with Crippen LogP contribution in [0.25, 0.3) is 11.3 Å². The van der Waals surface area contributed by atoms with Gasteiger partial charge in [0.2, 0.25) is 0 Å². The molecule has 0 aliphatic carbocycles. The normalized spacial score (nSPS) is 14.0. The Kier molecular flexibility index (Phi) is 5.85. The van der Waals surface area contributed by atoms with Gasteiger partial charge in [0, 0.05) is 17.8 Å². The van der Waals surface area contributed by atoms with Crippen molar-refractivity contribution in [3.8, 4) is 0 Å². The van der Waals surface area contributed by atoms with Crippen LogP contribution < -0.4 is 5.32 Å². The quantitative estimate of drug-likeness (QED) is 0.723. The van der Waals surface area contributed by atoms with E-state index in [2.05, 4.69) is 11.9 Å². The zero-order chi connectivity index (χ0) is 17.7. The molecule has 2 aromatic rings. The summed E-state index contributed by atoms with van der Waals surface area (Å²) < 4.78 is 41.4. The maximum Gasteiger partial charge on any atom is 0.138 e. The summed E-state index contributed by atoms with van der Waals surface area (Å²) in [6.07, 6.45) is 1.29. The van der Waals surface area contributed by atoms with Crippen molar-refractivity contribution in [2.24, 2.45) is 0 Å². The maximum atomic E-state index is 14.1. The van der Waals surface area contributed by atoms with Gasteiger partial charge < -0.3 is 5.32 Å². The number of benzene rings is 2. The molecule has 1 nitrogen and oxygen atoms in total. The fourth-order valence-electron chi connectivity index (χ4n) is 2.64. The maximum absolute atomic E-state index is 14.1. The van der Waals surface area contributed by atoms with Crippen LogP contribution in [0.5, 0.6) is 0 Å². The predicted molar refractivity (Wildman–Crippen MR) is 92.4 cm³/mol. The third kappa shape index (κ3) is 3.70. The van der Waals surface area contributed by atoms with Crippen LogP contribution >= 0.6 is 0 Å². The first-order chi connectivity index (χ1) is 11.6. The summed E-state index contributed by atoms with van der Waals surface area (Å²) in [5, 5.41) is 2.97. The second kappa shape index (κ2) is 7.86. The van der Waals surface area contributed by atoms with Crippen molar-refractivity contribution in [2.75, 3.05) is 0 Å². The SMILES string of the molecule is C=C1CCC(c2ccccc2)=C(c2c(F)cc(F)cc2F)N1.CC. The van der Waals surface area contributed by atoms with Crippen LogP contribution in [0.15, 0.2) is 54.7 Å². The fraction of sp³-hybridized carbons (Fsp3) is 0.200. The van der Waals surface area contributed by atoms with Crippen molar-refractivity contribution in [2.45, 2.75) is 26.7 Å². The summed E-state index contributed by atoms with van der Waals surface area (Å²) in [7, 11) is 0. The molecule has 0 saturated heterocycles. The van der Waals surface area contributed by atoms with Gasteiger partial charge >= 0.3 is 0 Å². The van der Waals surface area contributed by atoms with Crippen LogP contribution in [0.4, 0.5) is 13.2 Å². The minimum Gasteiger partial charge on any atom is -0.359 e. The summed E-state index contributed by atoms with van der Waals surface area (Å²) in [6, 6.07) is 10.7. The summed E-state index contributed by atoms with van der Waals surface area (Å²) in [4.78, 5) is 0. The van der Waals surface area contributed by atoms with E-state index in [9.17, 15) is 13.2 Å². The average Bonchev–Trinajstić information content (AvgIpc) is 2.57. The molecule has 4 heteroatoms. The van der Waals surface area contributed by atoms with Crippen LogP contribution in [0.1, 0.15) is 37.8 Å². The lowest BCUT2D eigenvalue weighted by atomic mass is 9.91. The molecule has 1 aliphatic heterocycles. The van der Waals surface area contributed by atoms with Crippen molar-refractivity contribution in [3.05, 3.63) is 83.3 Å². The minimum atomic E-state index is -0.935. The molecule has 0 amide bonds. The molecule has 0 saturated carbocycles. The average molecular weight is 331 g/mol. The van der Waals surface area contributed by atoms with E-state index in [1.165, 1.54) is 0 Å². The standard InChI is InChI=1S/C18H14F3N.C2H6/c1-11-7-8-14(12-5-3-2-4-6-12)18(22-11)17-15(20)9-13(19)10-16(17)21;1-2/h2-6,9-10,22H,1,7-8H2;1-2H3. The van der Waals surface area contributed by atoms with E-state index in [0.717, 1.165) is 11.1 Å². The van der Waals surface area contributed by atoms with Crippen molar-refractivity contribution < 1.29 is 13.2 Å². The summed E-state index contributed by atoms with van der Waals surface area (Å²) in [6.45, 7) is 7.83. The largest absolute Gasteiger partial charge is 0.359 e. The Bertz CT molecular complexity index is 741. The second-order valence-electron chi connectivity index (χ2n) is 5.19. The number of hydrogen-bond donors (Lipinski definition) is 1. The van der Waals surface area contributed by atoms with Gasteiger partial charge in [0.15, 0.2) is 0 Å². The summed E-state index contributed by atoms with van der Waals surface area (Å²) >= 11 is 0. The minimum absolute atomic E-state index is 0.249. The third-order valence-electron chi connectivity index (χ3n) is 3.66. The topological polar surface area (TPSA) is 12.0 Å². The highest BCUT2D eigenvalue weighted by Gasteiger charge is 2.23. The molecule has 0 atom stereocenters. The van der Waals surface area contributed by atoms with Gasteiger partial charge in [-0.1, -0.05) is 50.8 Å². The van der Waals surface area contributed by atoms with Gasteiger partial charge in [-0.25, -0.2) is 13.2 Å². The lowest BCUT2D eigenvalue weighted by Gasteiger charge is -2.25. The van der Waals surface area contributed by atoms with E-state index in [4.69, 9.17) is 0 Å². The van der Waals surface area contributed by atoms with Crippen LogP contribution in [0, 0.1) is 17.5 Å². The van der Waals surface area contributed by atoms with E-state index in [1.807, 2.05) is 44.2 Å². The van der Waals surface area contributed by atoms with E-state index in [1.54, 1.807) is 0 Å². The molecular formula is C20H20F3N. The van der Waals surface area contributed by atoms with Gasteiger partial charge in [-0.3, -0.25) is 0 Å². The second-order valence-corrected chi connectivity index (χ2v) is 5.19. The highest BCUT2D eigenvalue weighted by Crippen LogP contribution is 2.35. The van der Waals surface area contributed by atoms with Gasteiger partial charge in [0.25, 0.3) is 0 Å². The number of rotatable bonds is 2. The van der Waals surface area contributed by atoms with Gasteiger partial charge in [-0.15, -0.1) is 0 Å². The Hall–Kier alpha value is -2.49. The highest BCUT2D eigenvalue weighted by molar-refractivity contribution is 5.92. The lowest BCUT2D eigenvalue weighted by Crippen LogP contribution is -2.20. The Morgan fingerprint density at radius 1 is 0.917 bits per heavy atom. The van der Waals surface area contributed by atoms with Crippen LogP contribution in [0.3, 0.4) is 0 Å². The number of hydrogen-bond acceptors (Lipinski definition) is 1. The molecule has 0 bridgehead atoms. The molecule has 24 heavy (non-hydrogen) atoms. The lowest BCUT2D eigenvalue weighted by molar-refractivity contribution is 0.537. The summed E-state index contributed by atoms with van der Waals surface area (Å²) in [5.41, 5.74) is 2.41. The monoisotopic (exact) mass is 331 g/mol. The molecule has 1 N–H and O–H groups in total. The Labute approximate surface area is 140 Å². The van der Waals surface area contributed by atoms with Gasteiger partial charge in [-0.05, 0) is 24.0 Å². The molecule has 0 unspecified atom stereocenters. The molecule has 0 spiro atoms. The van der Waals surface area contributed by atoms with Crippen molar-refractivity contribution in [3.63, 3.8) is 0 Å². The highest BCUT2D eigenvalue weighted by atomic mass is 19.1. The predicted octanol–water partition coefficient (Wildman–Crippen LogP) is 5.90. The zero-order valence-electron chi connectivity index (χ0n) is 13.8. The van der Waals surface area contributed by atoms with E-state index in [0.29, 0.717) is 36.4 Å². The number of halogens is 3. The van der Waals surface area contributed by atoms with Crippen LogP contribution in [0.2, 0.25) is 0 Å². The molecule has 126 valence electrons. The molecule has 1 heterocycles. The molecule has 3 rings (SSSR count). The first kappa shape index (κ1) is 17.9.